The molecule has 1 aliphatic carbocycles. The first kappa shape index (κ1) is 11.7. The van der Waals surface area contributed by atoms with E-state index in [0.717, 1.165) is 12.8 Å². The predicted octanol–water partition coefficient (Wildman–Crippen LogP) is 2.66. The molecule has 1 aliphatic rings. The monoisotopic (exact) mass is 198 g/mol. The Labute approximate surface area is 87.0 Å². The van der Waals surface area contributed by atoms with Crippen LogP contribution in [0.4, 0.5) is 0 Å². The van der Waals surface area contributed by atoms with E-state index in [1.807, 2.05) is 0 Å². The van der Waals surface area contributed by atoms with Crippen LogP contribution in [0.3, 0.4) is 0 Å². The molecule has 82 valence electrons. The first-order valence-electron chi connectivity index (χ1n) is 5.46. The van der Waals surface area contributed by atoms with Crippen molar-refractivity contribution < 1.29 is 9.53 Å². The van der Waals surface area contributed by atoms with E-state index in [9.17, 15) is 4.79 Å². The number of rotatable bonds is 3. The van der Waals surface area contributed by atoms with Crippen molar-refractivity contribution in [2.24, 2.45) is 17.3 Å². The third kappa shape index (κ3) is 2.81. The lowest BCUT2D eigenvalue weighted by atomic mass is 9.79. The van der Waals surface area contributed by atoms with Crippen LogP contribution in [-0.4, -0.2) is 19.5 Å². The first-order chi connectivity index (χ1) is 6.45. The summed E-state index contributed by atoms with van der Waals surface area (Å²) in [7, 11) is 1.59. The smallest absolute Gasteiger partial charge is 0.161 e. The summed E-state index contributed by atoms with van der Waals surface area (Å²) in [5.41, 5.74) is 0.349. The van der Waals surface area contributed by atoms with E-state index in [-0.39, 0.29) is 5.92 Å². The zero-order valence-electron chi connectivity index (χ0n) is 9.80. The Kier molecular flexibility index (Phi) is 3.71. The number of ether oxygens (including phenoxy) is 1. The van der Waals surface area contributed by atoms with Crippen LogP contribution in [-0.2, 0) is 9.53 Å². The van der Waals surface area contributed by atoms with E-state index in [4.69, 9.17) is 4.74 Å². The largest absolute Gasteiger partial charge is 0.377 e. The quantitative estimate of drug-likeness (QED) is 0.697. The number of carbonyl (C=O) groups excluding carboxylic acids is 1. The molecule has 0 aromatic heterocycles. The van der Waals surface area contributed by atoms with E-state index < -0.39 is 0 Å². The zero-order chi connectivity index (χ0) is 10.8. The van der Waals surface area contributed by atoms with Crippen LogP contribution >= 0.6 is 0 Å². The zero-order valence-corrected chi connectivity index (χ0v) is 9.80. The molecule has 1 rings (SSSR count). The topological polar surface area (TPSA) is 26.3 Å². The van der Waals surface area contributed by atoms with Crippen LogP contribution in [0.1, 0.15) is 40.0 Å². The minimum atomic E-state index is 0.263. The highest BCUT2D eigenvalue weighted by Crippen LogP contribution is 2.42. The van der Waals surface area contributed by atoms with Crippen LogP contribution in [0.25, 0.3) is 0 Å². The minimum Gasteiger partial charge on any atom is -0.377 e. The van der Waals surface area contributed by atoms with Gasteiger partial charge in [-0.1, -0.05) is 20.8 Å². The molecule has 0 N–H and O–H groups in total. The van der Waals surface area contributed by atoms with Gasteiger partial charge in [-0.25, -0.2) is 0 Å². The van der Waals surface area contributed by atoms with Gasteiger partial charge >= 0.3 is 0 Å². The minimum absolute atomic E-state index is 0.263. The molecule has 1 fully saturated rings. The van der Waals surface area contributed by atoms with Crippen LogP contribution < -0.4 is 0 Å². The van der Waals surface area contributed by atoms with Gasteiger partial charge in [-0.2, -0.15) is 0 Å². The standard InChI is InChI=1S/C12H22O2/c1-12(2,3)10-6-5-9(7-10)11(13)8-14-4/h9-10H,5-8H2,1-4H3. The van der Waals surface area contributed by atoms with Gasteiger partial charge in [0.2, 0.25) is 0 Å². The molecular weight excluding hydrogens is 176 g/mol. The molecule has 2 nitrogen and oxygen atoms in total. The molecule has 0 amide bonds. The van der Waals surface area contributed by atoms with Crippen molar-refractivity contribution in [3.8, 4) is 0 Å². The number of carbonyl (C=O) groups is 1. The Morgan fingerprint density at radius 1 is 1.36 bits per heavy atom. The summed E-state index contributed by atoms with van der Waals surface area (Å²) in [5.74, 6) is 1.26. The number of hydrogen-bond donors (Lipinski definition) is 0. The average Bonchev–Trinajstić information content (AvgIpc) is 2.51. The van der Waals surface area contributed by atoms with E-state index >= 15 is 0 Å². The van der Waals surface area contributed by atoms with Crippen molar-refractivity contribution in [2.75, 3.05) is 13.7 Å². The van der Waals surface area contributed by atoms with Gasteiger partial charge in [0.15, 0.2) is 5.78 Å². The van der Waals surface area contributed by atoms with E-state index in [1.54, 1.807) is 7.11 Å². The highest BCUT2D eigenvalue weighted by atomic mass is 16.5. The van der Waals surface area contributed by atoms with Crippen molar-refractivity contribution >= 4 is 5.78 Å². The SMILES string of the molecule is COCC(=O)C1CCC(C(C)(C)C)C1. The second kappa shape index (κ2) is 4.43. The molecule has 2 atom stereocenters. The molecule has 0 aromatic rings. The lowest BCUT2D eigenvalue weighted by Crippen LogP contribution is -2.20. The van der Waals surface area contributed by atoms with Crippen molar-refractivity contribution in [2.45, 2.75) is 40.0 Å². The van der Waals surface area contributed by atoms with E-state index in [1.165, 1.54) is 6.42 Å². The Morgan fingerprint density at radius 2 is 2.00 bits per heavy atom. The van der Waals surface area contributed by atoms with Crippen LogP contribution in [0, 0.1) is 17.3 Å². The summed E-state index contributed by atoms with van der Waals surface area (Å²) in [6.45, 7) is 7.09. The van der Waals surface area contributed by atoms with Gasteiger partial charge < -0.3 is 4.74 Å². The highest BCUT2D eigenvalue weighted by Gasteiger charge is 2.35. The summed E-state index contributed by atoms with van der Waals surface area (Å²) in [5, 5.41) is 0. The maximum absolute atomic E-state index is 11.6. The molecular formula is C12H22O2. The summed E-state index contributed by atoms with van der Waals surface area (Å²) in [4.78, 5) is 11.6. The number of ketones is 1. The van der Waals surface area contributed by atoms with Gasteiger partial charge in [0, 0.05) is 13.0 Å². The van der Waals surface area contributed by atoms with Crippen molar-refractivity contribution in [3.05, 3.63) is 0 Å². The van der Waals surface area contributed by atoms with Gasteiger partial charge in [0.1, 0.15) is 6.61 Å². The highest BCUT2D eigenvalue weighted by molar-refractivity contribution is 5.82. The molecule has 0 radical (unpaired) electrons. The first-order valence-corrected chi connectivity index (χ1v) is 5.46. The lowest BCUT2D eigenvalue weighted by Gasteiger charge is -2.26. The summed E-state index contributed by atoms with van der Waals surface area (Å²) < 4.78 is 4.89. The molecule has 0 bridgehead atoms. The number of hydrogen-bond acceptors (Lipinski definition) is 2. The molecule has 0 spiro atoms. The maximum Gasteiger partial charge on any atom is 0.161 e. The van der Waals surface area contributed by atoms with Crippen molar-refractivity contribution in [3.63, 3.8) is 0 Å². The summed E-state index contributed by atoms with van der Waals surface area (Å²) in [6, 6.07) is 0. The Balaban J connectivity index is 2.45. The molecule has 14 heavy (non-hydrogen) atoms. The third-order valence-electron chi connectivity index (χ3n) is 3.40. The Bertz CT molecular complexity index is 203. The fourth-order valence-corrected chi connectivity index (χ4v) is 2.32. The van der Waals surface area contributed by atoms with Gasteiger partial charge in [-0.3, -0.25) is 4.79 Å². The van der Waals surface area contributed by atoms with Gasteiger partial charge in [0.25, 0.3) is 0 Å². The van der Waals surface area contributed by atoms with Crippen LogP contribution in [0.2, 0.25) is 0 Å². The molecule has 2 unspecified atom stereocenters. The van der Waals surface area contributed by atoms with Crippen molar-refractivity contribution in [1.29, 1.82) is 0 Å². The normalized spacial score (nSPS) is 28.0. The molecule has 1 saturated carbocycles. The Morgan fingerprint density at radius 3 is 2.43 bits per heavy atom. The van der Waals surface area contributed by atoms with E-state index in [2.05, 4.69) is 20.8 Å². The van der Waals surface area contributed by atoms with Gasteiger partial charge in [0.05, 0.1) is 0 Å². The number of Topliss-reactive ketones (excluding diaryl/α,β-unsaturated/α-hetero) is 1. The molecule has 0 aromatic carbocycles. The fourth-order valence-electron chi connectivity index (χ4n) is 2.32. The van der Waals surface area contributed by atoms with Crippen LogP contribution in [0.5, 0.6) is 0 Å². The second-order valence-electron chi connectivity index (χ2n) is 5.47. The fraction of sp³-hybridized carbons (Fsp3) is 0.917. The second-order valence-corrected chi connectivity index (χ2v) is 5.47. The maximum atomic E-state index is 11.6. The van der Waals surface area contributed by atoms with Crippen molar-refractivity contribution in [1.82, 2.24) is 0 Å². The lowest BCUT2D eigenvalue weighted by molar-refractivity contribution is -0.126. The Hall–Kier alpha value is -0.370. The third-order valence-corrected chi connectivity index (χ3v) is 3.40. The van der Waals surface area contributed by atoms with Gasteiger partial charge in [-0.15, -0.1) is 0 Å². The van der Waals surface area contributed by atoms with Gasteiger partial charge in [-0.05, 0) is 30.6 Å². The number of methoxy groups -OCH3 is 1. The molecule has 2 heteroatoms. The van der Waals surface area contributed by atoms with Crippen LogP contribution in [0.15, 0.2) is 0 Å². The molecule has 0 saturated heterocycles. The van der Waals surface area contributed by atoms with E-state index in [0.29, 0.717) is 23.7 Å². The summed E-state index contributed by atoms with van der Waals surface area (Å²) in [6.07, 6.45) is 3.32. The molecule has 0 aliphatic heterocycles. The summed E-state index contributed by atoms with van der Waals surface area (Å²) >= 11 is 0. The molecule has 0 heterocycles. The predicted molar refractivity (Wildman–Crippen MR) is 57.2 cm³/mol. The average molecular weight is 198 g/mol.